The van der Waals surface area contributed by atoms with Gasteiger partial charge in [-0.3, -0.25) is 4.79 Å². The highest BCUT2D eigenvalue weighted by Crippen LogP contribution is 2.13. The highest BCUT2D eigenvalue weighted by Gasteiger charge is 2.18. The summed E-state index contributed by atoms with van der Waals surface area (Å²) in [5, 5.41) is 11.9. The van der Waals surface area contributed by atoms with Crippen LogP contribution in [0.1, 0.15) is 6.92 Å². The summed E-state index contributed by atoms with van der Waals surface area (Å²) in [6.45, 7) is 2.93. The number of nitrogens with zero attached hydrogens (tertiary/aromatic N) is 2. The van der Waals surface area contributed by atoms with Crippen molar-refractivity contribution in [3.05, 3.63) is 13.7 Å². The number of carboxylic acid groups (broad SMARTS) is 1. The van der Waals surface area contributed by atoms with Gasteiger partial charge in [0.15, 0.2) is 0 Å². The van der Waals surface area contributed by atoms with Gasteiger partial charge in [-0.15, -0.1) is 0 Å². The van der Waals surface area contributed by atoms with E-state index in [-0.39, 0.29) is 0 Å². The van der Waals surface area contributed by atoms with Crippen molar-refractivity contribution in [3.8, 4) is 0 Å². The van der Waals surface area contributed by atoms with Gasteiger partial charge in [0.25, 0.3) is 0 Å². The van der Waals surface area contributed by atoms with Crippen molar-refractivity contribution in [2.24, 2.45) is 0 Å². The van der Waals surface area contributed by atoms with E-state index in [1.54, 1.807) is 6.33 Å². The normalized spacial score (nSPS) is 12.7. The number of nitrogens with one attached hydrogen (secondary N) is 1. The van der Waals surface area contributed by atoms with Gasteiger partial charge in [0, 0.05) is 0 Å². The second-order valence-electron chi connectivity index (χ2n) is 2.93. The molecule has 0 aromatic carbocycles. The van der Waals surface area contributed by atoms with Crippen molar-refractivity contribution < 1.29 is 9.90 Å². The van der Waals surface area contributed by atoms with Crippen LogP contribution in [-0.4, -0.2) is 33.2 Å². The van der Waals surface area contributed by atoms with Gasteiger partial charge in [-0.1, -0.05) is 6.92 Å². The summed E-state index contributed by atoms with van der Waals surface area (Å²) in [6, 6.07) is -0.562. The van der Waals surface area contributed by atoms with Gasteiger partial charge in [0.05, 0.1) is 12.9 Å². The van der Waals surface area contributed by atoms with Crippen molar-refractivity contribution in [2.75, 3.05) is 6.54 Å². The van der Waals surface area contributed by atoms with E-state index >= 15 is 0 Å². The summed E-state index contributed by atoms with van der Waals surface area (Å²) in [7, 11) is 0. The molecule has 0 fully saturated rings. The minimum atomic E-state index is -0.837. The quantitative estimate of drug-likeness (QED) is 0.682. The van der Waals surface area contributed by atoms with E-state index in [0.717, 1.165) is 7.40 Å². The summed E-state index contributed by atoms with van der Waals surface area (Å²) >= 11 is 4.28. The highest BCUT2D eigenvalue weighted by atomic mass is 127. The molecule has 1 aromatic heterocycles. The first-order chi connectivity index (χ1) is 7.06. The van der Waals surface area contributed by atoms with E-state index in [2.05, 4.69) is 55.5 Å². The third kappa shape index (κ3) is 3.55. The second-order valence-corrected chi connectivity index (χ2v) is 4.97. The number of rotatable bonds is 5. The fraction of sp³-hybridized carbons (Fsp3) is 0.500. The fourth-order valence-corrected chi connectivity index (χ4v) is 2.04. The molecule has 0 radical (unpaired) electrons. The topological polar surface area (TPSA) is 67.2 Å². The Morgan fingerprint density at radius 1 is 1.73 bits per heavy atom. The molecular weight excluding hydrogens is 424 g/mol. The first-order valence-corrected chi connectivity index (χ1v) is 6.54. The summed E-state index contributed by atoms with van der Waals surface area (Å²) in [5.41, 5.74) is 0. The Labute approximate surface area is 115 Å². The molecule has 5 nitrogen and oxygen atoms in total. The number of hydrogen-bond acceptors (Lipinski definition) is 3. The lowest BCUT2D eigenvalue weighted by Crippen LogP contribution is -2.40. The number of aliphatic carboxylic acids is 1. The molecule has 0 aliphatic heterocycles. The molecule has 0 bridgehead atoms. The van der Waals surface area contributed by atoms with Gasteiger partial charge >= 0.3 is 5.97 Å². The van der Waals surface area contributed by atoms with Crippen molar-refractivity contribution in [1.29, 1.82) is 0 Å². The van der Waals surface area contributed by atoms with Gasteiger partial charge in [-0.2, -0.15) is 0 Å². The zero-order valence-corrected chi connectivity index (χ0v) is 12.4. The van der Waals surface area contributed by atoms with Crippen LogP contribution in [0.25, 0.3) is 0 Å². The van der Waals surface area contributed by atoms with Crippen LogP contribution in [0.3, 0.4) is 0 Å². The molecule has 15 heavy (non-hydrogen) atoms. The monoisotopic (exact) mass is 435 g/mol. The van der Waals surface area contributed by atoms with Crippen LogP contribution in [0.4, 0.5) is 0 Å². The number of halogens is 2. The summed E-state index contributed by atoms with van der Waals surface area (Å²) in [5.74, 6) is -0.837. The van der Waals surface area contributed by atoms with Crippen molar-refractivity contribution in [1.82, 2.24) is 14.9 Å². The first-order valence-electron chi connectivity index (χ1n) is 4.38. The molecule has 2 N–H and O–H groups in total. The summed E-state index contributed by atoms with van der Waals surface area (Å²) in [4.78, 5) is 15.0. The molecule has 0 saturated heterocycles. The molecule has 1 unspecified atom stereocenters. The van der Waals surface area contributed by atoms with Crippen LogP contribution in [-0.2, 0) is 11.3 Å². The summed E-state index contributed by atoms with van der Waals surface area (Å²) < 4.78 is 3.70. The maximum atomic E-state index is 10.9. The molecule has 7 heteroatoms. The van der Waals surface area contributed by atoms with Crippen LogP contribution >= 0.6 is 45.2 Å². The zero-order valence-electron chi connectivity index (χ0n) is 8.07. The maximum Gasteiger partial charge on any atom is 0.322 e. The molecule has 1 atom stereocenters. The Hall–Kier alpha value is 0.1000. The number of aromatic nitrogens is 2. The number of imidazole rings is 1. The predicted octanol–water partition coefficient (Wildman–Crippen LogP) is 1.15. The standard InChI is InChI=1S/C8H11I2N3O2/c1-2-11-5(8(14)15)3-13-4-12-6(9)7(13)10/h4-5,11H,2-3H2,1H3,(H,14,15). The van der Waals surface area contributed by atoms with Gasteiger partial charge < -0.3 is 15.0 Å². The minimum absolute atomic E-state index is 0.400. The predicted molar refractivity (Wildman–Crippen MR) is 72.8 cm³/mol. The zero-order chi connectivity index (χ0) is 11.4. The molecule has 84 valence electrons. The molecular formula is C8H11I2N3O2. The fourth-order valence-electron chi connectivity index (χ4n) is 1.14. The first kappa shape index (κ1) is 13.2. The lowest BCUT2D eigenvalue weighted by molar-refractivity contribution is -0.139. The average molecular weight is 435 g/mol. The van der Waals surface area contributed by atoms with Crippen molar-refractivity contribution in [3.63, 3.8) is 0 Å². The van der Waals surface area contributed by atoms with Crippen LogP contribution in [0.2, 0.25) is 0 Å². The van der Waals surface area contributed by atoms with Gasteiger partial charge in [-0.05, 0) is 51.7 Å². The Morgan fingerprint density at radius 3 is 2.80 bits per heavy atom. The molecule has 1 aromatic rings. The summed E-state index contributed by atoms with van der Waals surface area (Å²) in [6.07, 6.45) is 1.66. The maximum absolute atomic E-state index is 10.9. The molecule has 0 aliphatic carbocycles. The lowest BCUT2D eigenvalue weighted by atomic mass is 10.3. The lowest BCUT2D eigenvalue weighted by Gasteiger charge is -2.14. The van der Waals surface area contributed by atoms with Crippen LogP contribution < -0.4 is 5.32 Å². The SMILES string of the molecule is CCNC(Cn1cnc(I)c1I)C(=O)O. The second kappa shape index (κ2) is 5.99. The Bertz CT molecular complexity index is 354. The van der Waals surface area contributed by atoms with E-state index in [4.69, 9.17) is 5.11 Å². The number of hydrogen-bond donors (Lipinski definition) is 2. The van der Waals surface area contributed by atoms with Gasteiger partial charge in [0.2, 0.25) is 0 Å². The smallest absolute Gasteiger partial charge is 0.322 e. The van der Waals surface area contributed by atoms with E-state index < -0.39 is 12.0 Å². The van der Waals surface area contributed by atoms with Gasteiger partial charge in [-0.25, -0.2) is 4.98 Å². The largest absolute Gasteiger partial charge is 0.480 e. The Balaban J connectivity index is 2.74. The number of carbonyl (C=O) groups is 1. The third-order valence-corrected chi connectivity index (χ3v) is 4.81. The molecule has 0 spiro atoms. The van der Waals surface area contributed by atoms with E-state index in [0.29, 0.717) is 13.1 Å². The van der Waals surface area contributed by atoms with Crippen molar-refractivity contribution in [2.45, 2.75) is 19.5 Å². The van der Waals surface area contributed by atoms with E-state index in [1.165, 1.54) is 0 Å². The van der Waals surface area contributed by atoms with Gasteiger partial charge in [0.1, 0.15) is 13.4 Å². The molecule has 1 rings (SSSR count). The number of carboxylic acids is 1. The highest BCUT2D eigenvalue weighted by molar-refractivity contribution is 14.1. The van der Waals surface area contributed by atoms with Crippen LogP contribution in [0.15, 0.2) is 6.33 Å². The molecule has 0 aliphatic rings. The molecule has 0 amide bonds. The Morgan fingerprint density at radius 2 is 2.40 bits per heavy atom. The molecule has 1 heterocycles. The minimum Gasteiger partial charge on any atom is -0.480 e. The third-order valence-electron chi connectivity index (χ3n) is 1.86. The van der Waals surface area contributed by atoms with E-state index in [9.17, 15) is 4.79 Å². The van der Waals surface area contributed by atoms with Crippen molar-refractivity contribution >= 4 is 51.2 Å². The molecule has 0 saturated carbocycles. The Kier molecular flexibility index (Phi) is 5.26. The van der Waals surface area contributed by atoms with Crippen LogP contribution in [0, 0.1) is 7.40 Å². The van der Waals surface area contributed by atoms with E-state index in [1.807, 2.05) is 11.5 Å². The van der Waals surface area contributed by atoms with Crippen LogP contribution in [0.5, 0.6) is 0 Å². The number of likely N-dealkylation sites (N-methyl/N-ethyl adjacent to an activating group) is 1. The average Bonchev–Trinajstić information content (AvgIpc) is 2.48.